The number of likely N-dealkylation sites (tertiary alicyclic amines) is 1. The second-order valence-corrected chi connectivity index (χ2v) is 5.21. The van der Waals surface area contributed by atoms with Gasteiger partial charge in [-0.1, -0.05) is 0 Å². The summed E-state index contributed by atoms with van der Waals surface area (Å²) >= 11 is 0. The lowest BCUT2D eigenvalue weighted by Gasteiger charge is -2.16. The van der Waals surface area contributed by atoms with Gasteiger partial charge in [-0.3, -0.25) is 4.79 Å². The zero-order chi connectivity index (χ0) is 15.2. The highest BCUT2D eigenvalue weighted by Gasteiger charge is 2.14. The Morgan fingerprint density at radius 3 is 2.55 bits per heavy atom. The Bertz CT molecular complexity index is 505. The fraction of sp³-hybridized carbons (Fsp3) is 0.533. The summed E-state index contributed by atoms with van der Waals surface area (Å²) in [7, 11) is 1.52. The predicted molar refractivity (Wildman–Crippen MR) is 89.0 cm³/mol. The summed E-state index contributed by atoms with van der Waals surface area (Å²) < 4.78 is 10.9. The molecule has 6 nitrogen and oxygen atoms in total. The third kappa shape index (κ3) is 4.68. The molecule has 0 spiro atoms. The highest BCUT2D eigenvalue weighted by molar-refractivity contribution is 5.98. The van der Waals surface area contributed by atoms with Gasteiger partial charge >= 0.3 is 0 Å². The van der Waals surface area contributed by atoms with Crippen molar-refractivity contribution in [2.24, 2.45) is 5.73 Å². The van der Waals surface area contributed by atoms with E-state index in [1.165, 1.54) is 39.1 Å². The van der Waals surface area contributed by atoms with Crippen molar-refractivity contribution >= 4 is 24.0 Å². The third-order valence-electron chi connectivity index (χ3n) is 3.68. The molecule has 1 aliphatic heterocycles. The first-order valence-corrected chi connectivity index (χ1v) is 7.24. The number of halogens is 1. The van der Waals surface area contributed by atoms with Crippen LogP contribution in [0.2, 0.25) is 0 Å². The Balaban J connectivity index is 0.00000242. The molecule has 0 aliphatic carbocycles. The van der Waals surface area contributed by atoms with Crippen molar-refractivity contribution < 1.29 is 14.3 Å². The highest BCUT2D eigenvalue weighted by atomic mass is 35.5. The van der Waals surface area contributed by atoms with Crippen LogP contribution >= 0.6 is 12.4 Å². The van der Waals surface area contributed by atoms with Crippen LogP contribution in [-0.2, 0) is 0 Å². The van der Waals surface area contributed by atoms with E-state index < -0.39 is 5.91 Å². The smallest absolute Gasteiger partial charge is 0.250 e. The van der Waals surface area contributed by atoms with Gasteiger partial charge in [0.15, 0.2) is 11.5 Å². The summed E-state index contributed by atoms with van der Waals surface area (Å²) in [4.78, 5) is 13.7. The third-order valence-corrected chi connectivity index (χ3v) is 3.68. The zero-order valence-electron chi connectivity index (χ0n) is 12.8. The van der Waals surface area contributed by atoms with Gasteiger partial charge in [0.05, 0.1) is 19.3 Å². The predicted octanol–water partition coefficient (Wildman–Crippen LogP) is 1.66. The number of primary amides is 1. The van der Waals surface area contributed by atoms with Crippen LogP contribution in [0.3, 0.4) is 0 Å². The SMILES string of the molecule is COc1cc(C(N)=O)c(N)cc1OCCCN1CCCC1.Cl. The molecule has 1 heterocycles. The molecular weight excluding hydrogens is 306 g/mol. The molecule has 0 saturated carbocycles. The van der Waals surface area contributed by atoms with Gasteiger partial charge in [0.1, 0.15) is 0 Å². The number of amides is 1. The molecule has 0 bridgehead atoms. The lowest BCUT2D eigenvalue weighted by atomic mass is 10.1. The monoisotopic (exact) mass is 329 g/mol. The normalized spacial score (nSPS) is 14.4. The van der Waals surface area contributed by atoms with Crippen LogP contribution in [0, 0.1) is 0 Å². The van der Waals surface area contributed by atoms with Gasteiger partial charge in [0.2, 0.25) is 0 Å². The Kier molecular flexibility index (Phi) is 7.27. The molecule has 0 radical (unpaired) electrons. The molecule has 1 aromatic carbocycles. The van der Waals surface area contributed by atoms with E-state index in [2.05, 4.69) is 4.90 Å². The summed E-state index contributed by atoms with van der Waals surface area (Å²) in [5, 5.41) is 0. The maximum absolute atomic E-state index is 11.2. The minimum Gasteiger partial charge on any atom is -0.493 e. The molecule has 0 atom stereocenters. The number of benzene rings is 1. The maximum atomic E-state index is 11.2. The van der Waals surface area contributed by atoms with Crippen molar-refractivity contribution in [2.75, 3.05) is 39.1 Å². The Morgan fingerprint density at radius 2 is 1.95 bits per heavy atom. The summed E-state index contributed by atoms with van der Waals surface area (Å²) in [6, 6.07) is 3.11. The number of hydrogen-bond donors (Lipinski definition) is 2. The van der Waals surface area contributed by atoms with E-state index in [0.29, 0.717) is 23.8 Å². The van der Waals surface area contributed by atoms with Crippen molar-refractivity contribution in [1.29, 1.82) is 0 Å². The Hall–Kier alpha value is -1.66. The highest BCUT2D eigenvalue weighted by Crippen LogP contribution is 2.32. The number of carbonyl (C=O) groups is 1. The van der Waals surface area contributed by atoms with E-state index in [9.17, 15) is 4.79 Å². The van der Waals surface area contributed by atoms with Crippen LogP contribution in [0.15, 0.2) is 12.1 Å². The number of ether oxygens (including phenoxy) is 2. The average molecular weight is 330 g/mol. The molecule has 1 fully saturated rings. The largest absolute Gasteiger partial charge is 0.493 e. The lowest BCUT2D eigenvalue weighted by molar-refractivity contribution is 0.100. The van der Waals surface area contributed by atoms with Crippen molar-refractivity contribution in [3.05, 3.63) is 17.7 Å². The Labute approximate surface area is 137 Å². The van der Waals surface area contributed by atoms with Crippen LogP contribution in [0.25, 0.3) is 0 Å². The Morgan fingerprint density at radius 1 is 1.27 bits per heavy atom. The van der Waals surface area contributed by atoms with Crippen molar-refractivity contribution in [3.63, 3.8) is 0 Å². The number of nitrogen functional groups attached to an aromatic ring is 1. The number of hydrogen-bond acceptors (Lipinski definition) is 5. The van der Waals surface area contributed by atoms with Gasteiger partial charge in [-0.25, -0.2) is 0 Å². The van der Waals surface area contributed by atoms with E-state index in [4.69, 9.17) is 20.9 Å². The molecule has 1 amide bonds. The van der Waals surface area contributed by atoms with Crippen LogP contribution in [0.1, 0.15) is 29.6 Å². The fourth-order valence-electron chi connectivity index (χ4n) is 2.54. The molecule has 0 aromatic heterocycles. The number of methoxy groups -OCH3 is 1. The molecule has 124 valence electrons. The topological polar surface area (TPSA) is 90.8 Å². The molecule has 1 aliphatic rings. The van der Waals surface area contributed by atoms with E-state index in [-0.39, 0.29) is 18.0 Å². The second-order valence-electron chi connectivity index (χ2n) is 5.21. The lowest BCUT2D eigenvalue weighted by Crippen LogP contribution is -2.22. The van der Waals surface area contributed by atoms with Crippen LogP contribution in [-0.4, -0.2) is 44.2 Å². The molecular formula is C15H24ClN3O3. The fourth-order valence-corrected chi connectivity index (χ4v) is 2.54. The summed E-state index contributed by atoms with van der Waals surface area (Å²) in [6.45, 7) is 3.99. The summed E-state index contributed by atoms with van der Waals surface area (Å²) in [6.07, 6.45) is 3.53. The molecule has 22 heavy (non-hydrogen) atoms. The number of nitrogens with two attached hydrogens (primary N) is 2. The molecule has 2 rings (SSSR count). The van der Waals surface area contributed by atoms with Gasteiger partial charge in [-0.15, -0.1) is 12.4 Å². The van der Waals surface area contributed by atoms with E-state index >= 15 is 0 Å². The summed E-state index contributed by atoms with van der Waals surface area (Å²) in [5.74, 6) is 0.437. The second kappa shape index (κ2) is 8.70. The summed E-state index contributed by atoms with van der Waals surface area (Å²) in [5.41, 5.74) is 11.6. The van der Waals surface area contributed by atoms with Crippen LogP contribution < -0.4 is 20.9 Å². The number of rotatable bonds is 7. The number of anilines is 1. The van der Waals surface area contributed by atoms with Gasteiger partial charge < -0.3 is 25.8 Å². The van der Waals surface area contributed by atoms with E-state index in [1.807, 2.05) is 0 Å². The standard InChI is InChI=1S/C15H23N3O3.ClH/c1-20-13-9-11(15(17)19)12(16)10-14(13)21-8-4-7-18-5-2-3-6-18;/h9-10H,2-8,16H2,1H3,(H2,17,19);1H. The molecule has 7 heteroatoms. The first-order chi connectivity index (χ1) is 10.1. The minimum atomic E-state index is -0.577. The molecule has 4 N–H and O–H groups in total. The maximum Gasteiger partial charge on any atom is 0.250 e. The van der Waals surface area contributed by atoms with Crippen molar-refractivity contribution in [3.8, 4) is 11.5 Å². The minimum absolute atomic E-state index is 0. The van der Waals surface area contributed by atoms with Gasteiger partial charge in [-0.2, -0.15) is 0 Å². The molecule has 1 saturated heterocycles. The number of nitrogens with zero attached hydrogens (tertiary/aromatic N) is 1. The van der Waals surface area contributed by atoms with Crippen LogP contribution in [0.4, 0.5) is 5.69 Å². The quantitative estimate of drug-likeness (QED) is 0.586. The average Bonchev–Trinajstić information content (AvgIpc) is 2.96. The van der Waals surface area contributed by atoms with E-state index in [0.717, 1.165) is 13.0 Å². The number of carbonyl (C=O) groups excluding carboxylic acids is 1. The van der Waals surface area contributed by atoms with E-state index in [1.54, 1.807) is 6.07 Å². The molecule has 0 unspecified atom stereocenters. The van der Waals surface area contributed by atoms with Gasteiger partial charge in [0, 0.05) is 18.3 Å². The van der Waals surface area contributed by atoms with Gasteiger partial charge in [-0.05, 0) is 38.4 Å². The van der Waals surface area contributed by atoms with Crippen molar-refractivity contribution in [2.45, 2.75) is 19.3 Å². The van der Waals surface area contributed by atoms with Crippen molar-refractivity contribution in [1.82, 2.24) is 4.90 Å². The molecule has 1 aromatic rings. The zero-order valence-corrected chi connectivity index (χ0v) is 13.7. The van der Waals surface area contributed by atoms with Crippen LogP contribution in [0.5, 0.6) is 11.5 Å². The van der Waals surface area contributed by atoms with Gasteiger partial charge in [0.25, 0.3) is 5.91 Å². The first-order valence-electron chi connectivity index (χ1n) is 7.24. The first kappa shape index (κ1) is 18.4.